The van der Waals surface area contributed by atoms with E-state index in [1.54, 1.807) is 0 Å². The SMILES string of the molecule is CC1CC=Cc2cccc(-n3c4ccc(N(c5ccccc5)c5ccccc5)cc4c4ccc(N(c5ccccc5)c5ccccc5)cc43)c21. The molecule has 0 saturated carbocycles. The van der Waals surface area contributed by atoms with E-state index in [4.69, 9.17) is 0 Å². The van der Waals surface area contributed by atoms with Crippen molar-refractivity contribution in [2.45, 2.75) is 19.3 Å². The van der Waals surface area contributed by atoms with Crippen LogP contribution in [-0.4, -0.2) is 4.57 Å². The Balaban J connectivity index is 1.32. The van der Waals surface area contributed by atoms with Gasteiger partial charge < -0.3 is 14.4 Å². The number of fused-ring (bicyclic) bond motifs is 4. The molecule has 9 rings (SSSR count). The van der Waals surface area contributed by atoms with Crippen LogP contribution >= 0.6 is 0 Å². The van der Waals surface area contributed by atoms with Crippen molar-refractivity contribution in [3.63, 3.8) is 0 Å². The van der Waals surface area contributed by atoms with Crippen LogP contribution in [0, 0.1) is 0 Å². The number of para-hydroxylation sites is 4. The zero-order valence-corrected chi connectivity index (χ0v) is 28.0. The van der Waals surface area contributed by atoms with Crippen LogP contribution < -0.4 is 9.80 Å². The summed E-state index contributed by atoms with van der Waals surface area (Å²) >= 11 is 0. The molecule has 3 heteroatoms. The summed E-state index contributed by atoms with van der Waals surface area (Å²) < 4.78 is 2.51. The van der Waals surface area contributed by atoms with E-state index in [9.17, 15) is 0 Å². The van der Waals surface area contributed by atoms with Gasteiger partial charge in [-0.1, -0.05) is 110 Å². The molecule has 0 radical (unpaired) electrons. The molecule has 0 saturated heterocycles. The van der Waals surface area contributed by atoms with Gasteiger partial charge in [0.05, 0.1) is 16.7 Å². The standard InChI is InChI=1S/C47H37N3/c1-34-16-14-17-35-18-15-27-45(47(34)35)50-44-31-29-40(48(36-19-6-2-7-20-36)37-21-8-3-9-22-37)32-43(44)42-30-28-41(33-46(42)50)49(38-23-10-4-11-24-38)39-25-12-5-13-26-39/h2-15,17-34H,16H2,1H3. The number of hydrogen-bond acceptors (Lipinski definition) is 2. The Morgan fingerprint density at radius 3 is 1.54 bits per heavy atom. The van der Waals surface area contributed by atoms with Gasteiger partial charge in [0.1, 0.15) is 0 Å². The molecule has 0 fully saturated rings. The number of anilines is 6. The van der Waals surface area contributed by atoms with Gasteiger partial charge in [0.15, 0.2) is 0 Å². The zero-order valence-electron chi connectivity index (χ0n) is 28.0. The highest BCUT2D eigenvalue weighted by Crippen LogP contribution is 2.44. The Labute approximate surface area is 293 Å². The van der Waals surface area contributed by atoms with Crippen LogP contribution in [0.15, 0.2) is 182 Å². The predicted molar refractivity (Wildman–Crippen MR) is 212 cm³/mol. The van der Waals surface area contributed by atoms with Gasteiger partial charge in [0, 0.05) is 44.9 Å². The molecule has 3 nitrogen and oxygen atoms in total. The Kier molecular flexibility index (Phi) is 7.51. The fourth-order valence-corrected chi connectivity index (χ4v) is 7.70. The van der Waals surface area contributed by atoms with Crippen LogP contribution in [0.3, 0.4) is 0 Å². The molecule has 1 atom stereocenters. The van der Waals surface area contributed by atoms with Crippen molar-refractivity contribution >= 4 is 62.0 Å². The summed E-state index contributed by atoms with van der Waals surface area (Å²) in [6.07, 6.45) is 5.64. The van der Waals surface area contributed by atoms with Gasteiger partial charge in [-0.25, -0.2) is 0 Å². The minimum atomic E-state index is 0.415. The van der Waals surface area contributed by atoms with Gasteiger partial charge in [-0.15, -0.1) is 0 Å². The smallest absolute Gasteiger partial charge is 0.0562 e. The van der Waals surface area contributed by atoms with Crippen molar-refractivity contribution < 1.29 is 0 Å². The lowest BCUT2D eigenvalue weighted by molar-refractivity contribution is 0.764. The van der Waals surface area contributed by atoms with E-state index in [0.29, 0.717) is 5.92 Å². The molecule has 0 amide bonds. The Morgan fingerprint density at radius 1 is 0.460 bits per heavy atom. The normalized spacial score (nSPS) is 13.7. The van der Waals surface area contributed by atoms with Crippen LogP contribution in [0.5, 0.6) is 0 Å². The van der Waals surface area contributed by atoms with E-state index >= 15 is 0 Å². The van der Waals surface area contributed by atoms with Gasteiger partial charge in [0.2, 0.25) is 0 Å². The van der Waals surface area contributed by atoms with Crippen molar-refractivity contribution in [2.75, 3.05) is 9.80 Å². The molecule has 0 bridgehead atoms. The molecule has 1 aromatic heterocycles. The van der Waals surface area contributed by atoms with Crippen molar-refractivity contribution in [3.8, 4) is 5.69 Å². The van der Waals surface area contributed by atoms with E-state index < -0.39 is 0 Å². The maximum absolute atomic E-state index is 2.51. The molecule has 8 aromatic rings. The average molecular weight is 644 g/mol. The van der Waals surface area contributed by atoms with Crippen LogP contribution in [0.2, 0.25) is 0 Å². The number of hydrogen-bond donors (Lipinski definition) is 0. The largest absolute Gasteiger partial charge is 0.310 e. The molecular weight excluding hydrogens is 607 g/mol. The van der Waals surface area contributed by atoms with Crippen molar-refractivity contribution in [3.05, 3.63) is 193 Å². The number of rotatable bonds is 7. The molecule has 1 heterocycles. The first-order valence-electron chi connectivity index (χ1n) is 17.4. The summed E-state index contributed by atoms with van der Waals surface area (Å²) in [6, 6.07) is 63.3. The third-order valence-electron chi connectivity index (χ3n) is 9.94. The molecule has 0 N–H and O–H groups in total. The minimum absolute atomic E-state index is 0.415. The topological polar surface area (TPSA) is 11.4 Å². The first kappa shape index (κ1) is 29.8. The third-order valence-corrected chi connectivity index (χ3v) is 9.94. The van der Waals surface area contributed by atoms with E-state index in [1.165, 1.54) is 38.6 Å². The first-order valence-corrected chi connectivity index (χ1v) is 17.4. The number of aromatic nitrogens is 1. The molecular formula is C47H37N3. The fraction of sp³-hybridized carbons (Fsp3) is 0.0638. The summed E-state index contributed by atoms with van der Waals surface area (Å²) in [5.41, 5.74) is 13.1. The van der Waals surface area contributed by atoms with E-state index in [0.717, 1.165) is 40.5 Å². The summed E-state index contributed by atoms with van der Waals surface area (Å²) in [5.74, 6) is 0.415. The molecule has 7 aromatic carbocycles. The predicted octanol–water partition coefficient (Wildman–Crippen LogP) is 13.2. The Bertz CT molecular complexity index is 2390. The molecule has 1 unspecified atom stereocenters. The van der Waals surface area contributed by atoms with Gasteiger partial charge in [-0.2, -0.15) is 0 Å². The summed E-state index contributed by atoms with van der Waals surface area (Å²) in [7, 11) is 0. The van der Waals surface area contributed by atoms with Crippen LogP contribution in [-0.2, 0) is 0 Å². The van der Waals surface area contributed by atoms with E-state index in [-0.39, 0.29) is 0 Å². The van der Waals surface area contributed by atoms with Crippen molar-refractivity contribution in [1.82, 2.24) is 4.57 Å². The maximum atomic E-state index is 2.51. The highest BCUT2D eigenvalue weighted by Gasteiger charge is 2.23. The molecule has 240 valence electrons. The number of benzene rings is 7. The number of allylic oxidation sites excluding steroid dienone is 1. The molecule has 50 heavy (non-hydrogen) atoms. The lowest BCUT2D eigenvalue weighted by Gasteiger charge is -2.26. The molecule has 1 aliphatic rings. The second-order valence-electron chi connectivity index (χ2n) is 13.1. The Morgan fingerprint density at radius 2 is 0.980 bits per heavy atom. The molecule has 1 aliphatic carbocycles. The van der Waals surface area contributed by atoms with Crippen molar-refractivity contribution in [2.24, 2.45) is 0 Å². The summed E-state index contributed by atoms with van der Waals surface area (Å²) in [6.45, 7) is 2.35. The minimum Gasteiger partial charge on any atom is -0.310 e. The van der Waals surface area contributed by atoms with Crippen LogP contribution in [0.4, 0.5) is 34.1 Å². The summed E-state index contributed by atoms with van der Waals surface area (Å²) in [5, 5.41) is 2.45. The highest BCUT2D eigenvalue weighted by atomic mass is 15.2. The second-order valence-corrected chi connectivity index (χ2v) is 13.1. The van der Waals surface area contributed by atoms with Crippen molar-refractivity contribution in [1.29, 1.82) is 0 Å². The fourth-order valence-electron chi connectivity index (χ4n) is 7.70. The van der Waals surface area contributed by atoms with Gasteiger partial charge in [-0.3, -0.25) is 0 Å². The lowest BCUT2D eigenvalue weighted by Crippen LogP contribution is -2.10. The van der Waals surface area contributed by atoms with Gasteiger partial charge in [0.25, 0.3) is 0 Å². The average Bonchev–Trinajstić information content (AvgIpc) is 3.49. The summed E-state index contributed by atoms with van der Waals surface area (Å²) in [4.78, 5) is 4.70. The lowest BCUT2D eigenvalue weighted by atomic mass is 9.87. The molecule has 0 aliphatic heterocycles. The maximum Gasteiger partial charge on any atom is 0.0562 e. The van der Waals surface area contributed by atoms with E-state index in [2.05, 4.69) is 209 Å². The Hall–Kier alpha value is -6.32. The number of nitrogens with zero attached hydrogens (tertiary/aromatic N) is 3. The monoisotopic (exact) mass is 643 g/mol. The van der Waals surface area contributed by atoms with Crippen LogP contribution in [0.25, 0.3) is 33.6 Å². The highest BCUT2D eigenvalue weighted by molar-refractivity contribution is 6.12. The third kappa shape index (κ3) is 5.15. The molecule has 0 spiro atoms. The zero-order chi connectivity index (χ0) is 33.4. The second kappa shape index (κ2) is 12.6. The quantitative estimate of drug-likeness (QED) is 0.171. The first-order chi connectivity index (χ1) is 24.7. The van der Waals surface area contributed by atoms with Gasteiger partial charge in [-0.05, 0) is 108 Å². The van der Waals surface area contributed by atoms with Crippen LogP contribution in [0.1, 0.15) is 30.4 Å². The van der Waals surface area contributed by atoms with E-state index in [1.807, 2.05) is 0 Å². The van der Waals surface area contributed by atoms with Gasteiger partial charge >= 0.3 is 0 Å².